The Morgan fingerprint density at radius 1 is 0.393 bits per heavy atom. The fourth-order valence-corrected chi connectivity index (χ4v) is 8.27. The fraction of sp³-hybridized carbons (Fsp3) is 0.0417. The second-order valence-electron chi connectivity index (χ2n) is 14.0. The molecule has 272 valence electrons. The minimum absolute atomic E-state index is 0.369. The summed E-state index contributed by atoms with van der Waals surface area (Å²) >= 11 is 0. The third kappa shape index (κ3) is 5.35. The first-order chi connectivity index (χ1) is 27.0. The van der Waals surface area contributed by atoms with E-state index in [0.29, 0.717) is 17.1 Å². The van der Waals surface area contributed by atoms with E-state index in [9.17, 15) is 26.3 Å². The molecule has 0 unspecified atom stereocenters. The highest BCUT2D eigenvalue weighted by molar-refractivity contribution is 6.34. The van der Waals surface area contributed by atoms with Crippen molar-refractivity contribution in [2.45, 2.75) is 12.4 Å². The molecule has 0 radical (unpaired) electrons. The molecule has 1 aromatic heterocycles. The molecule has 0 saturated carbocycles. The Balaban J connectivity index is 1.12. The summed E-state index contributed by atoms with van der Waals surface area (Å²) in [6.45, 7) is 0. The molecule has 0 aliphatic rings. The van der Waals surface area contributed by atoms with Gasteiger partial charge in [-0.3, -0.25) is 0 Å². The first-order valence-electron chi connectivity index (χ1n) is 18.0. The lowest BCUT2D eigenvalue weighted by Gasteiger charge is -2.26. The number of rotatable bonds is 5. The standard InChI is InChI=1S/C48H28F6N2/c49-47(50,51)32-15-21-36(22-16-32)55(37-23-17-33(18-24-37)48(52,53)54)35-19-12-29(13-20-35)38-25-14-30-10-11-31-28-43-46(41-27-26-39(38)44(30)45(31)41)40-8-4-5-9-42(40)56(43)34-6-2-1-3-7-34/h1-28H. The maximum atomic E-state index is 13.4. The highest BCUT2D eigenvalue weighted by Gasteiger charge is 2.32. The molecule has 8 heteroatoms. The van der Waals surface area contributed by atoms with Gasteiger partial charge < -0.3 is 9.47 Å². The van der Waals surface area contributed by atoms with Gasteiger partial charge in [-0.15, -0.1) is 0 Å². The zero-order valence-corrected chi connectivity index (χ0v) is 29.3. The number of alkyl halides is 6. The number of nitrogens with zero attached hydrogens (tertiary/aromatic N) is 2. The Hall–Kier alpha value is -6.80. The summed E-state index contributed by atoms with van der Waals surface area (Å²) in [7, 11) is 0. The SMILES string of the molecule is FC(F)(F)c1ccc(N(c2ccc(-c3ccc4ccc5cc6c(c7ccc3c4c57)c3ccccc3n6-c3ccccc3)cc2)c2ccc(C(F)(F)F)cc2)cc1. The lowest BCUT2D eigenvalue weighted by Crippen LogP contribution is -2.12. The Morgan fingerprint density at radius 2 is 0.911 bits per heavy atom. The van der Waals surface area contributed by atoms with Crippen LogP contribution in [0.15, 0.2) is 170 Å². The van der Waals surface area contributed by atoms with Crippen LogP contribution in [-0.4, -0.2) is 4.57 Å². The molecule has 0 atom stereocenters. The van der Waals surface area contributed by atoms with Crippen LogP contribution in [0.25, 0.3) is 70.9 Å². The average molecular weight is 747 g/mol. The van der Waals surface area contributed by atoms with Crippen LogP contribution in [0.2, 0.25) is 0 Å². The predicted octanol–water partition coefficient (Wildman–Crippen LogP) is 14.9. The summed E-state index contributed by atoms with van der Waals surface area (Å²) in [6, 6.07) is 50.8. The molecule has 0 aliphatic heterocycles. The van der Waals surface area contributed by atoms with E-state index in [1.54, 1.807) is 4.90 Å². The molecular weight excluding hydrogens is 719 g/mol. The Labute approximate surface area is 316 Å². The van der Waals surface area contributed by atoms with Gasteiger partial charge in [-0.25, -0.2) is 0 Å². The maximum Gasteiger partial charge on any atom is 0.416 e. The zero-order valence-electron chi connectivity index (χ0n) is 29.3. The van der Waals surface area contributed by atoms with E-state index in [-0.39, 0.29) is 0 Å². The number of halogens is 6. The van der Waals surface area contributed by atoms with Crippen LogP contribution in [0.5, 0.6) is 0 Å². The number of hydrogen-bond acceptors (Lipinski definition) is 1. The quantitative estimate of drug-likeness (QED) is 0.126. The van der Waals surface area contributed by atoms with Crippen LogP contribution >= 0.6 is 0 Å². The van der Waals surface area contributed by atoms with Gasteiger partial charge in [0.1, 0.15) is 0 Å². The summed E-state index contributed by atoms with van der Waals surface area (Å²) in [4.78, 5) is 1.64. The van der Waals surface area contributed by atoms with Crippen LogP contribution in [0.3, 0.4) is 0 Å². The Bertz CT molecular complexity index is 3010. The van der Waals surface area contributed by atoms with E-state index in [4.69, 9.17) is 0 Å². The lowest BCUT2D eigenvalue weighted by atomic mass is 9.88. The Kier molecular flexibility index (Phi) is 7.45. The van der Waals surface area contributed by atoms with E-state index in [0.717, 1.165) is 79.0 Å². The molecule has 0 spiro atoms. The lowest BCUT2D eigenvalue weighted by molar-refractivity contribution is -0.138. The van der Waals surface area contributed by atoms with Crippen molar-refractivity contribution >= 4 is 71.2 Å². The van der Waals surface area contributed by atoms with Crippen molar-refractivity contribution in [3.8, 4) is 16.8 Å². The normalized spacial score (nSPS) is 12.5. The molecule has 0 aliphatic carbocycles. The van der Waals surface area contributed by atoms with E-state index < -0.39 is 23.5 Å². The van der Waals surface area contributed by atoms with E-state index in [1.807, 2.05) is 30.3 Å². The number of benzene rings is 9. The summed E-state index contributed by atoms with van der Waals surface area (Å²) < 4.78 is 83.0. The first-order valence-corrected chi connectivity index (χ1v) is 18.0. The minimum Gasteiger partial charge on any atom is -0.311 e. The number of anilines is 3. The monoisotopic (exact) mass is 746 g/mol. The predicted molar refractivity (Wildman–Crippen MR) is 215 cm³/mol. The summed E-state index contributed by atoms with van der Waals surface area (Å²) in [6.07, 6.45) is -9.07. The third-order valence-electron chi connectivity index (χ3n) is 10.8. The number of aromatic nitrogens is 1. The molecule has 0 fully saturated rings. The molecular formula is C48H28F6N2. The van der Waals surface area contributed by atoms with Crippen molar-refractivity contribution in [3.63, 3.8) is 0 Å². The van der Waals surface area contributed by atoms with Crippen molar-refractivity contribution in [2.75, 3.05) is 4.90 Å². The van der Waals surface area contributed by atoms with Gasteiger partial charge in [0.05, 0.1) is 22.2 Å². The van der Waals surface area contributed by atoms with Gasteiger partial charge in [0, 0.05) is 33.5 Å². The van der Waals surface area contributed by atoms with Crippen molar-refractivity contribution < 1.29 is 26.3 Å². The Morgan fingerprint density at radius 3 is 1.54 bits per heavy atom. The smallest absolute Gasteiger partial charge is 0.311 e. The number of para-hydroxylation sites is 2. The number of fused-ring (bicyclic) bond motifs is 4. The third-order valence-corrected chi connectivity index (χ3v) is 10.8. The van der Waals surface area contributed by atoms with Crippen molar-refractivity contribution in [3.05, 3.63) is 181 Å². The van der Waals surface area contributed by atoms with Crippen LogP contribution in [0, 0.1) is 0 Å². The molecule has 0 bridgehead atoms. The highest BCUT2D eigenvalue weighted by Crippen LogP contribution is 2.46. The highest BCUT2D eigenvalue weighted by atomic mass is 19.4. The second-order valence-corrected chi connectivity index (χ2v) is 14.0. The maximum absolute atomic E-state index is 13.4. The number of hydrogen-bond donors (Lipinski definition) is 0. The van der Waals surface area contributed by atoms with Gasteiger partial charge in [0.15, 0.2) is 0 Å². The van der Waals surface area contributed by atoms with Gasteiger partial charge in [0.25, 0.3) is 0 Å². The van der Waals surface area contributed by atoms with E-state index in [2.05, 4.69) is 95.6 Å². The van der Waals surface area contributed by atoms with E-state index >= 15 is 0 Å². The molecule has 0 saturated heterocycles. The van der Waals surface area contributed by atoms with Crippen LogP contribution in [0.4, 0.5) is 43.4 Å². The molecule has 0 N–H and O–H groups in total. The fourth-order valence-electron chi connectivity index (χ4n) is 8.27. The summed E-state index contributed by atoms with van der Waals surface area (Å²) in [5.74, 6) is 0. The second kappa shape index (κ2) is 12.4. The zero-order chi connectivity index (χ0) is 38.3. The summed E-state index contributed by atoms with van der Waals surface area (Å²) in [5.41, 5.74) is 4.94. The van der Waals surface area contributed by atoms with Crippen molar-refractivity contribution in [1.82, 2.24) is 4.57 Å². The van der Waals surface area contributed by atoms with Crippen molar-refractivity contribution in [2.24, 2.45) is 0 Å². The molecule has 9 aromatic carbocycles. The molecule has 2 nitrogen and oxygen atoms in total. The van der Waals surface area contributed by atoms with Gasteiger partial charge in [0.2, 0.25) is 0 Å². The average Bonchev–Trinajstić information content (AvgIpc) is 3.54. The first kappa shape index (κ1) is 33.7. The minimum atomic E-state index is -4.53. The molecule has 10 rings (SSSR count). The van der Waals surface area contributed by atoms with Gasteiger partial charge in [-0.2, -0.15) is 26.3 Å². The van der Waals surface area contributed by atoms with Gasteiger partial charge in [-0.1, -0.05) is 84.9 Å². The van der Waals surface area contributed by atoms with Crippen LogP contribution in [-0.2, 0) is 12.4 Å². The van der Waals surface area contributed by atoms with Crippen LogP contribution in [0.1, 0.15) is 11.1 Å². The van der Waals surface area contributed by atoms with Gasteiger partial charge >= 0.3 is 12.4 Å². The van der Waals surface area contributed by atoms with Crippen molar-refractivity contribution in [1.29, 1.82) is 0 Å². The topological polar surface area (TPSA) is 8.17 Å². The van der Waals surface area contributed by atoms with E-state index in [1.165, 1.54) is 40.4 Å². The van der Waals surface area contributed by atoms with Crippen LogP contribution < -0.4 is 4.90 Å². The molecule has 1 heterocycles. The molecule has 10 aromatic rings. The molecule has 56 heavy (non-hydrogen) atoms. The summed E-state index contributed by atoms with van der Waals surface area (Å²) in [5, 5.41) is 9.16. The van der Waals surface area contributed by atoms with Gasteiger partial charge in [-0.05, 0) is 128 Å². The largest absolute Gasteiger partial charge is 0.416 e. The molecule has 0 amide bonds.